The molecule has 24 heavy (non-hydrogen) atoms. The number of rotatable bonds is 2. The molecule has 1 aliphatic heterocycles. The zero-order chi connectivity index (χ0) is 16.9. The molecule has 0 fully saturated rings. The molecule has 0 saturated carbocycles. The first-order chi connectivity index (χ1) is 11.5. The molecule has 6 heteroatoms. The lowest BCUT2D eigenvalue weighted by molar-refractivity contribution is 0.590. The van der Waals surface area contributed by atoms with E-state index in [9.17, 15) is 12.8 Å². The maximum Gasteiger partial charge on any atom is 0.265 e. The molecule has 0 radical (unpaired) electrons. The van der Waals surface area contributed by atoms with Crippen LogP contribution in [0.15, 0.2) is 59.6 Å². The van der Waals surface area contributed by atoms with E-state index in [1.165, 1.54) is 16.6 Å². The zero-order valence-electron chi connectivity index (χ0n) is 13.0. The number of benzene rings is 2. The molecule has 0 amide bonds. The highest BCUT2D eigenvalue weighted by atomic mass is 32.2. The fourth-order valence-corrected chi connectivity index (χ4v) is 5.03. The second-order valence-corrected chi connectivity index (χ2v) is 7.77. The van der Waals surface area contributed by atoms with Crippen LogP contribution in [0.4, 0.5) is 10.1 Å². The lowest BCUT2D eigenvalue weighted by Crippen LogP contribution is -2.30. The van der Waals surface area contributed by atoms with E-state index in [2.05, 4.69) is 4.98 Å². The number of para-hydroxylation sites is 1. The van der Waals surface area contributed by atoms with Gasteiger partial charge >= 0.3 is 0 Å². The van der Waals surface area contributed by atoms with E-state index in [4.69, 9.17) is 0 Å². The minimum absolute atomic E-state index is 0.0686. The number of fused-ring (bicyclic) bond motifs is 2. The normalized spacial score (nSPS) is 17.2. The fraction of sp³-hybridized carbons (Fsp3) is 0.167. The van der Waals surface area contributed by atoms with Crippen LogP contribution in [0.25, 0.3) is 10.9 Å². The minimum Gasteiger partial charge on any atom is -0.265 e. The van der Waals surface area contributed by atoms with Crippen LogP contribution in [0, 0.1) is 5.82 Å². The molecule has 2 aromatic carbocycles. The molecule has 1 aromatic heterocycles. The Bertz CT molecular complexity index is 1050. The lowest BCUT2D eigenvalue weighted by atomic mass is 10.0. The number of hydrogen-bond donors (Lipinski definition) is 0. The summed E-state index contributed by atoms with van der Waals surface area (Å²) in [6, 6.07) is 13.2. The van der Waals surface area contributed by atoms with Crippen molar-refractivity contribution in [3.05, 3.63) is 66.1 Å². The van der Waals surface area contributed by atoms with E-state index >= 15 is 0 Å². The molecule has 3 aromatic rings. The topological polar surface area (TPSA) is 50.3 Å². The standard InChI is InChI=1S/C18H15FN2O2S/c1-12-11-21(16-7-3-2-5-13(12)16)24(22,23)17-9-8-15(19)18-14(17)6-4-10-20-18/h2-10,12H,11H2,1H3. The van der Waals surface area contributed by atoms with Gasteiger partial charge in [0.05, 0.1) is 10.6 Å². The highest BCUT2D eigenvalue weighted by Gasteiger charge is 2.35. The monoisotopic (exact) mass is 342 g/mol. The Kier molecular flexibility index (Phi) is 3.31. The van der Waals surface area contributed by atoms with E-state index < -0.39 is 15.8 Å². The summed E-state index contributed by atoms with van der Waals surface area (Å²) in [6.07, 6.45) is 1.45. The van der Waals surface area contributed by atoms with Crippen LogP contribution in [-0.4, -0.2) is 19.9 Å². The highest BCUT2D eigenvalue weighted by molar-refractivity contribution is 7.93. The van der Waals surface area contributed by atoms with Gasteiger partial charge in [-0.2, -0.15) is 0 Å². The van der Waals surface area contributed by atoms with Crippen LogP contribution in [0.2, 0.25) is 0 Å². The molecule has 0 N–H and O–H groups in total. The summed E-state index contributed by atoms with van der Waals surface area (Å²) in [7, 11) is -3.80. The molecular formula is C18H15FN2O2S. The molecule has 0 saturated heterocycles. The van der Waals surface area contributed by atoms with Gasteiger partial charge in [0.15, 0.2) is 0 Å². The molecule has 2 heterocycles. The lowest BCUT2D eigenvalue weighted by Gasteiger charge is -2.21. The number of aromatic nitrogens is 1. The zero-order valence-corrected chi connectivity index (χ0v) is 13.8. The number of nitrogens with zero attached hydrogens (tertiary/aromatic N) is 2. The number of halogens is 1. The van der Waals surface area contributed by atoms with Crippen LogP contribution < -0.4 is 4.31 Å². The summed E-state index contributed by atoms with van der Waals surface area (Å²) in [5.74, 6) is -0.416. The van der Waals surface area contributed by atoms with Crippen molar-refractivity contribution in [1.29, 1.82) is 0 Å². The Morgan fingerprint density at radius 3 is 2.75 bits per heavy atom. The van der Waals surface area contributed by atoms with Crippen LogP contribution in [-0.2, 0) is 10.0 Å². The van der Waals surface area contributed by atoms with Crippen molar-refractivity contribution in [2.75, 3.05) is 10.8 Å². The third-order valence-electron chi connectivity index (χ3n) is 4.42. The van der Waals surface area contributed by atoms with Crippen molar-refractivity contribution in [2.45, 2.75) is 17.7 Å². The van der Waals surface area contributed by atoms with Crippen molar-refractivity contribution < 1.29 is 12.8 Å². The summed E-state index contributed by atoms with van der Waals surface area (Å²) in [6.45, 7) is 2.37. The van der Waals surface area contributed by atoms with E-state index in [-0.39, 0.29) is 16.3 Å². The quantitative estimate of drug-likeness (QED) is 0.714. The minimum atomic E-state index is -3.80. The van der Waals surface area contributed by atoms with Gasteiger partial charge in [0.2, 0.25) is 0 Å². The third kappa shape index (κ3) is 2.10. The maximum atomic E-state index is 14.0. The Balaban J connectivity index is 1.93. The van der Waals surface area contributed by atoms with Gasteiger partial charge in [-0.05, 0) is 35.9 Å². The van der Waals surface area contributed by atoms with Gasteiger partial charge in [0.1, 0.15) is 11.3 Å². The smallest absolute Gasteiger partial charge is 0.265 e. The molecular weight excluding hydrogens is 327 g/mol. The number of hydrogen-bond acceptors (Lipinski definition) is 3. The summed E-state index contributed by atoms with van der Waals surface area (Å²) < 4.78 is 41.9. The highest BCUT2D eigenvalue weighted by Crippen LogP contribution is 2.40. The van der Waals surface area contributed by atoms with Crippen molar-refractivity contribution >= 4 is 26.6 Å². The van der Waals surface area contributed by atoms with Gasteiger partial charge < -0.3 is 0 Å². The van der Waals surface area contributed by atoms with Crippen molar-refractivity contribution in [3.8, 4) is 0 Å². The average Bonchev–Trinajstić information content (AvgIpc) is 2.93. The first-order valence-electron chi connectivity index (χ1n) is 7.65. The first-order valence-corrected chi connectivity index (χ1v) is 9.09. The van der Waals surface area contributed by atoms with E-state index in [0.29, 0.717) is 17.6 Å². The Morgan fingerprint density at radius 2 is 1.92 bits per heavy atom. The average molecular weight is 342 g/mol. The fourth-order valence-electron chi connectivity index (χ4n) is 3.26. The molecule has 1 unspecified atom stereocenters. The third-order valence-corrected chi connectivity index (χ3v) is 6.26. The predicted molar refractivity (Wildman–Crippen MR) is 91.1 cm³/mol. The van der Waals surface area contributed by atoms with Crippen LogP contribution in [0.1, 0.15) is 18.4 Å². The molecule has 1 aliphatic rings. The maximum absolute atomic E-state index is 14.0. The summed E-state index contributed by atoms with van der Waals surface area (Å²) in [5.41, 5.74) is 1.76. The number of anilines is 1. The van der Waals surface area contributed by atoms with E-state index in [0.717, 1.165) is 11.6 Å². The Labute approximate surface area is 139 Å². The molecule has 0 aliphatic carbocycles. The molecule has 0 bridgehead atoms. The second-order valence-electron chi connectivity index (χ2n) is 5.94. The molecule has 122 valence electrons. The second kappa shape index (κ2) is 5.27. The van der Waals surface area contributed by atoms with Gasteiger partial charge in [0.25, 0.3) is 10.0 Å². The van der Waals surface area contributed by atoms with E-state index in [1.54, 1.807) is 18.2 Å². The number of sulfonamides is 1. The van der Waals surface area contributed by atoms with Crippen LogP contribution in [0.3, 0.4) is 0 Å². The van der Waals surface area contributed by atoms with Crippen LogP contribution >= 0.6 is 0 Å². The summed E-state index contributed by atoms with van der Waals surface area (Å²) >= 11 is 0. The molecule has 4 rings (SSSR count). The van der Waals surface area contributed by atoms with Crippen molar-refractivity contribution in [3.63, 3.8) is 0 Å². The van der Waals surface area contributed by atoms with E-state index in [1.807, 2.05) is 25.1 Å². The van der Waals surface area contributed by atoms with Gasteiger partial charge in [-0.25, -0.2) is 12.8 Å². The molecule has 1 atom stereocenters. The first kappa shape index (κ1) is 15.1. The summed E-state index contributed by atoms with van der Waals surface area (Å²) in [4.78, 5) is 4.06. The largest absolute Gasteiger partial charge is 0.265 e. The van der Waals surface area contributed by atoms with Gasteiger partial charge in [0, 0.05) is 24.0 Å². The Morgan fingerprint density at radius 1 is 1.12 bits per heavy atom. The summed E-state index contributed by atoms with van der Waals surface area (Å²) in [5, 5.41) is 0.300. The van der Waals surface area contributed by atoms with Crippen molar-refractivity contribution in [1.82, 2.24) is 4.98 Å². The SMILES string of the molecule is CC1CN(S(=O)(=O)c2ccc(F)c3ncccc23)c2ccccc21. The van der Waals surface area contributed by atoms with Gasteiger partial charge in [-0.1, -0.05) is 25.1 Å². The number of pyridine rings is 1. The Hall–Kier alpha value is -2.47. The van der Waals surface area contributed by atoms with Crippen LogP contribution in [0.5, 0.6) is 0 Å². The van der Waals surface area contributed by atoms with Gasteiger partial charge in [-0.15, -0.1) is 0 Å². The molecule has 0 spiro atoms. The van der Waals surface area contributed by atoms with Gasteiger partial charge in [-0.3, -0.25) is 9.29 Å². The van der Waals surface area contributed by atoms with Crippen molar-refractivity contribution in [2.24, 2.45) is 0 Å². The molecule has 4 nitrogen and oxygen atoms in total. The predicted octanol–water partition coefficient (Wildman–Crippen LogP) is 3.69.